The first-order valence-corrected chi connectivity index (χ1v) is 7.83. The normalized spacial score (nSPS) is 19.8. The lowest BCUT2D eigenvalue weighted by atomic mass is 9.86. The SMILES string of the molecule is CCC(C)(CNC(C)C)CN(CC1CC1)C(C)C. The van der Waals surface area contributed by atoms with Gasteiger partial charge in [0.25, 0.3) is 0 Å². The zero-order valence-corrected chi connectivity index (χ0v) is 13.4. The van der Waals surface area contributed by atoms with Crippen molar-refractivity contribution in [3.05, 3.63) is 0 Å². The molecule has 0 aromatic carbocycles. The first-order valence-electron chi connectivity index (χ1n) is 7.83. The molecule has 0 radical (unpaired) electrons. The average molecular weight is 254 g/mol. The molecule has 0 saturated heterocycles. The molecule has 1 fully saturated rings. The Hall–Kier alpha value is -0.0800. The Morgan fingerprint density at radius 3 is 2.22 bits per heavy atom. The summed E-state index contributed by atoms with van der Waals surface area (Å²) in [5, 5.41) is 3.62. The van der Waals surface area contributed by atoms with Crippen LogP contribution in [-0.4, -0.2) is 36.6 Å². The standard InChI is InChI=1S/C16H34N2/c1-7-16(6,11-17-13(2)3)12-18(14(4)5)10-15-8-9-15/h13-15,17H,7-12H2,1-6H3. The summed E-state index contributed by atoms with van der Waals surface area (Å²) in [6.45, 7) is 17.6. The molecule has 1 N–H and O–H groups in total. The van der Waals surface area contributed by atoms with Gasteiger partial charge in [-0.25, -0.2) is 0 Å². The van der Waals surface area contributed by atoms with Crippen LogP contribution < -0.4 is 5.32 Å². The van der Waals surface area contributed by atoms with Gasteiger partial charge >= 0.3 is 0 Å². The number of hydrogen-bond acceptors (Lipinski definition) is 2. The van der Waals surface area contributed by atoms with Crippen molar-refractivity contribution in [1.29, 1.82) is 0 Å². The van der Waals surface area contributed by atoms with Crippen molar-refractivity contribution in [2.24, 2.45) is 11.3 Å². The molecule has 0 bridgehead atoms. The molecule has 108 valence electrons. The minimum Gasteiger partial charge on any atom is -0.314 e. The van der Waals surface area contributed by atoms with Crippen LogP contribution in [0.1, 0.15) is 60.8 Å². The van der Waals surface area contributed by atoms with Crippen LogP contribution in [0.4, 0.5) is 0 Å². The lowest BCUT2D eigenvalue weighted by molar-refractivity contribution is 0.120. The number of rotatable bonds is 9. The Morgan fingerprint density at radius 2 is 1.83 bits per heavy atom. The maximum absolute atomic E-state index is 3.62. The van der Waals surface area contributed by atoms with E-state index in [1.807, 2.05) is 0 Å². The van der Waals surface area contributed by atoms with Gasteiger partial charge in [0, 0.05) is 31.7 Å². The van der Waals surface area contributed by atoms with E-state index in [-0.39, 0.29) is 0 Å². The van der Waals surface area contributed by atoms with Gasteiger partial charge < -0.3 is 10.2 Å². The van der Waals surface area contributed by atoms with Gasteiger partial charge in [-0.2, -0.15) is 0 Å². The Kier molecular flexibility index (Phi) is 6.13. The summed E-state index contributed by atoms with van der Waals surface area (Å²) in [7, 11) is 0. The first kappa shape index (κ1) is 16.0. The van der Waals surface area contributed by atoms with Gasteiger partial charge in [-0.3, -0.25) is 0 Å². The first-order chi connectivity index (χ1) is 8.36. The molecule has 0 aromatic rings. The van der Waals surface area contributed by atoms with Crippen molar-refractivity contribution in [3.63, 3.8) is 0 Å². The highest BCUT2D eigenvalue weighted by Crippen LogP contribution is 2.32. The molecule has 2 heteroatoms. The third-order valence-electron chi connectivity index (χ3n) is 4.30. The van der Waals surface area contributed by atoms with E-state index in [0.717, 1.165) is 12.5 Å². The molecule has 1 aliphatic rings. The van der Waals surface area contributed by atoms with Crippen LogP contribution in [0.3, 0.4) is 0 Å². The van der Waals surface area contributed by atoms with Crippen molar-refractivity contribution < 1.29 is 0 Å². The lowest BCUT2D eigenvalue weighted by Gasteiger charge is -2.38. The maximum atomic E-state index is 3.62. The summed E-state index contributed by atoms with van der Waals surface area (Å²) in [6.07, 6.45) is 4.16. The Balaban J connectivity index is 2.50. The molecule has 1 unspecified atom stereocenters. The second-order valence-electron chi connectivity index (χ2n) is 7.17. The zero-order chi connectivity index (χ0) is 13.8. The van der Waals surface area contributed by atoms with E-state index < -0.39 is 0 Å². The van der Waals surface area contributed by atoms with Crippen LogP contribution in [0.5, 0.6) is 0 Å². The van der Waals surface area contributed by atoms with Gasteiger partial charge in [-0.1, -0.05) is 27.7 Å². The Morgan fingerprint density at radius 1 is 1.22 bits per heavy atom. The molecule has 0 aromatic heterocycles. The Bertz CT molecular complexity index is 233. The summed E-state index contributed by atoms with van der Waals surface area (Å²) in [6, 6.07) is 1.27. The van der Waals surface area contributed by atoms with E-state index in [2.05, 4.69) is 51.8 Å². The summed E-state index contributed by atoms with van der Waals surface area (Å²) >= 11 is 0. The van der Waals surface area contributed by atoms with E-state index in [1.165, 1.54) is 32.4 Å². The van der Waals surface area contributed by atoms with Crippen LogP contribution >= 0.6 is 0 Å². The van der Waals surface area contributed by atoms with Gasteiger partial charge in [0.2, 0.25) is 0 Å². The number of hydrogen-bond donors (Lipinski definition) is 1. The molecule has 0 amide bonds. The van der Waals surface area contributed by atoms with Crippen LogP contribution in [0.25, 0.3) is 0 Å². The largest absolute Gasteiger partial charge is 0.314 e. The third kappa shape index (κ3) is 5.71. The van der Waals surface area contributed by atoms with Crippen molar-refractivity contribution in [1.82, 2.24) is 10.2 Å². The zero-order valence-electron chi connectivity index (χ0n) is 13.4. The maximum Gasteiger partial charge on any atom is 0.00502 e. The highest BCUT2D eigenvalue weighted by atomic mass is 15.2. The monoisotopic (exact) mass is 254 g/mol. The number of nitrogens with one attached hydrogen (secondary N) is 1. The minimum absolute atomic E-state index is 0.406. The van der Waals surface area contributed by atoms with Gasteiger partial charge in [0.1, 0.15) is 0 Å². The van der Waals surface area contributed by atoms with Crippen LogP contribution in [0, 0.1) is 11.3 Å². The highest BCUT2D eigenvalue weighted by Gasteiger charge is 2.30. The molecular formula is C16H34N2. The fraction of sp³-hybridized carbons (Fsp3) is 1.00. The molecule has 1 rings (SSSR count). The molecule has 2 nitrogen and oxygen atoms in total. The smallest absolute Gasteiger partial charge is 0.00502 e. The predicted molar refractivity (Wildman–Crippen MR) is 81.0 cm³/mol. The van der Waals surface area contributed by atoms with Crippen molar-refractivity contribution in [2.45, 2.75) is 72.9 Å². The van der Waals surface area contributed by atoms with E-state index in [9.17, 15) is 0 Å². The second kappa shape index (κ2) is 6.91. The second-order valence-corrected chi connectivity index (χ2v) is 7.17. The molecule has 1 aliphatic carbocycles. The quantitative estimate of drug-likeness (QED) is 0.677. The fourth-order valence-corrected chi connectivity index (χ4v) is 2.32. The average Bonchev–Trinajstić information content (AvgIpc) is 3.09. The van der Waals surface area contributed by atoms with Crippen molar-refractivity contribution in [2.75, 3.05) is 19.6 Å². The third-order valence-corrected chi connectivity index (χ3v) is 4.30. The summed E-state index contributed by atoms with van der Waals surface area (Å²) in [5.74, 6) is 0.992. The van der Waals surface area contributed by atoms with E-state index in [4.69, 9.17) is 0 Å². The van der Waals surface area contributed by atoms with E-state index in [1.54, 1.807) is 0 Å². The van der Waals surface area contributed by atoms with Gasteiger partial charge in [0.15, 0.2) is 0 Å². The van der Waals surface area contributed by atoms with Gasteiger partial charge in [-0.05, 0) is 44.4 Å². The molecular weight excluding hydrogens is 220 g/mol. The molecule has 0 aliphatic heterocycles. The van der Waals surface area contributed by atoms with Crippen LogP contribution in [0.15, 0.2) is 0 Å². The Labute approximate surface area is 115 Å². The minimum atomic E-state index is 0.406. The molecule has 0 heterocycles. The predicted octanol–water partition coefficient (Wildman–Crippen LogP) is 3.52. The molecule has 1 saturated carbocycles. The molecule has 1 atom stereocenters. The molecule has 0 spiro atoms. The van der Waals surface area contributed by atoms with Gasteiger partial charge in [-0.15, -0.1) is 0 Å². The summed E-state index contributed by atoms with van der Waals surface area (Å²) in [5.41, 5.74) is 0.406. The fourth-order valence-electron chi connectivity index (χ4n) is 2.32. The lowest BCUT2D eigenvalue weighted by Crippen LogP contribution is -2.46. The topological polar surface area (TPSA) is 15.3 Å². The van der Waals surface area contributed by atoms with Gasteiger partial charge in [0.05, 0.1) is 0 Å². The van der Waals surface area contributed by atoms with Crippen LogP contribution in [-0.2, 0) is 0 Å². The number of nitrogens with zero attached hydrogens (tertiary/aromatic N) is 1. The van der Waals surface area contributed by atoms with Crippen molar-refractivity contribution in [3.8, 4) is 0 Å². The summed E-state index contributed by atoms with van der Waals surface area (Å²) in [4.78, 5) is 2.70. The highest BCUT2D eigenvalue weighted by molar-refractivity contribution is 4.85. The van der Waals surface area contributed by atoms with E-state index in [0.29, 0.717) is 17.5 Å². The van der Waals surface area contributed by atoms with E-state index >= 15 is 0 Å². The molecule has 18 heavy (non-hydrogen) atoms. The van der Waals surface area contributed by atoms with Crippen LogP contribution in [0.2, 0.25) is 0 Å². The summed E-state index contributed by atoms with van der Waals surface area (Å²) < 4.78 is 0. The van der Waals surface area contributed by atoms with Crippen molar-refractivity contribution >= 4 is 0 Å².